The van der Waals surface area contributed by atoms with Gasteiger partial charge in [-0.25, -0.2) is 29.0 Å². The number of hydrogen-bond acceptors (Lipinski definition) is 6. The van der Waals surface area contributed by atoms with Gasteiger partial charge in [0.25, 0.3) is 0 Å². The van der Waals surface area contributed by atoms with Crippen LogP contribution in [0.5, 0.6) is 0 Å². The van der Waals surface area contributed by atoms with Gasteiger partial charge >= 0.3 is 0 Å². The Hall–Kier alpha value is -1.74. The third-order valence-corrected chi connectivity index (χ3v) is 4.01. The van der Waals surface area contributed by atoms with Gasteiger partial charge in [-0.3, -0.25) is 5.43 Å². The fraction of sp³-hybridized carbons (Fsp3) is 0.0909. The van der Waals surface area contributed by atoms with E-state index >= 15 is 0 Å². The predicted molar refractivity (Wildman–Crippen MR) is 75.3 cm³/mol. The summed E-state index contributed by atoms with van der Waals surface area (Å²) in [6, 6.07) is 6.91. The third-order valence-electron chi connectivity index (χ3n) is 2.42. The maximum absolute atomic E-state index is 12.0. The van der Waals surface area contributed by atoms with E-state index in [2.05, 4.69) is 20.1 Å². The third kappa shape index (κ3) is 3.64. The smallest absolute Gasteiger partial charge is 0.243 e. The summed E-state index contributed by atoms with van der Waals surface area (Å²) in [5, 5.41) is 0.545. The normalized spacial score (nSPS) is 11.3. The summed E-state index contributed by atoms with van der Waals surface area (Å²) in [6.07, 6.45) is 2.34. The summed E-state index contributed by atoms with van der Waals surface area (Å²) in [7, 11) is -3.68. The van der Waals surface area contributed by atoms with Gasteiger partial charge in [0.15, 0.2) is 0 Å². The van der Waals surface area contributed by atoms with Crippen LogP contribution in [-0.2, 0) is 16.6 Å². The van der Waals surface area contributed by atoms with Gasteiger partial charge in [-0.05, 0) is 17.7 Å². The molecule has 1 aromatic carbocycles. The predicted octanol–water partition coefficient (Wildman–Crippen LogP) is 0.894. The number of benzene rings is 1. The molecule has 0 aliphatic heterocycles. The van der Waals surface area contributed by atoms with Crippen molar-refractivity contribution >= 4 is 27.6 Å². The highest BCUT2D eigenvalue weighted by molar-refractivity contribution is 7.89. The molecule has 1 aromatic heterocycles. The fourth-order valence-electron chi connectivity index (χ4n) is 1.44. The summed E-state index contributed by atoms with van der Waals surface area (Å²) < 4.78 is 26.5. The first-order valence-corrected chi connectivity index (χ1v) is 7.40. The first kappa shape index (κ1) is 14.7. The molecule has 0 bridgehead atoms. The second-order valence-corrected chi connectivity index (χ2v) is 6.04. The van der Waals surface area contributed by atoms with Crippen molar-refractivity contribution in [1.29, 1.82) is 0 Å². The van der Waals surface area contributed by atoms with Crippen molar-refractivity contribution in [2.24, 2.45) is 5.84 Å². The quantitative estimate of drug-likeness (QED) is 0.558. The lowest BCUT2D eigenvalue weighted by atomic mass is 10.2. The van der Waals surface area contributed by atoms with Crippen LogP contribution < -0.4 is 16.0 Å². The Morgan fingerprint density at radius 1 is 1.25 bits per heavy atom. The minimum Gasteiger partial charge on any atom is -0.292 e. The fourth-order valence-corrected chi connectivity index (χ4v) is 2.56. The van der Waals surface area contributed by atoms with Gasteiger partial charge in [-0.1, -0.05) is 23.7 Å². The molecular formula is C11H12ClN5O2S. The Morgan fingerprint density at radius 2 is 1.95 bits per heavy atom. The topological polar surface area (TPSA) is 110 Å². The van der Waals surface area contributed by atoms with Crippen molar-refractivity contribution in [1.82, 2.24) is 14.7 Å². The number of aromatic nitrogens is 2. The highest BCUT2D eigenvalue weighted by Gasteiger charge is 2.14. The van der Waals surface area contributed by atoms with Crippen LogP contribution in [0.3, 0.4) is 0 Å². The highest BCUT2D eigenvalue weighted by atomic mass is 35.5. The van der Waals surface area contributed by atoms with Gasteiger partial charge in [0.2, 0.25) is 16.0 Å². The zero-order valence-electron chi connectivity index (χ0n) is 10.2. The van der Waals surface area contributed by atoms with Crippen LogP contribution in [0.25, 0.3) is 0 Å². The van der Waals surface area contributed by atoms with Crippen LogP contribution in [0, 0.1) is 0 Å². The molecule has 9 heteroatoms. The molecule has 0 radical (unpaired) electrons. The van der Waals surface area contributed by atoms with Gasteiger partial charge in [-0.2, -0.15) is 0 Å². The largest absolute Gasteiger partial charge is 0.292 e. The lowest BCUT2D eigenvalue weighted by Gasteiger charge is -2.07. The van der Waals surface area contributed by atoms with E-state index in [4.69, 9.17) is 17.4 Å². The molecule has 0 unspecified atom stereocenters. The van der Waals surface area contributed by atoms with Gasteiger partial charge in [0.05, 0.1) is 12.4 Å². The summed E-state index contributed by atoms with van der Waals surface area (Å²) in [4.78, 5) is 7.45. The van der Waals surface area contributed by atoms with E-state index in [0.29, 0.717) is 5.02 Å². The molecule has 106 valence electrons. The van der Waals surface area contributed by atoms with E-state index in [-0.39, 0.29) is 17.4 Å². The number of nitrogens with one attached hydrogen (secondary N) is 2. The standard InChI is InChI=1S/C11H12ClN5O2S/c12-9-3-1-2-8(4-9)5-16-20(18,19)10-6-14-11(17-13)15-7-10/h1-4,6-7,16H,5,13H2,(H,14,15,17). The number of nitrogen functional groups attached to an aromatic ring is 1. The van der Waals surface area contributed by atoms with Crippen molar-refractivity contribution in [3.8, 4) is 0 Å². The minimum absolute atomic E-state index is 0.0430. The lowest BCUT2D eigenvalue weighted by molar-refractivity contribution is 0.580. The number of hydrazine groups is 1. The molecule has 7 nitrogen and oxygen atoms in total. The Kier molecular flexibility index (Phi) is 4.50. The monoisotopic (exact) mass is 313 g/mol. The number of rotatable bonds is 5. The Morgan fingerprint density at radius 3 is 2.55 bits per heavy atom. The molecule has 2 aromatic rings. The van der Waals surface area contributed by atoms with Crippen molar-refractivity contribution in [3.05, 3.63) is 47.2 Å². The molecule has 0 saturated carbocycles. The van der Waals surface area contributed by atoms with Gasteiger partial charge in [-0.15, -0.1) is 0 Å². The molecule has 1 heterocycles. The average molecular weight is 314 g/mol. The van der Waals surface area contributed by atoms with E-state index in [0.717, 1.165) is 5.56 Å². The first-order chi connectivity index (χ1) is 9.51. The summed E-state index contributed by atoms with van der Waals surface area (Å²) in [6.45, 7) is 0.125. The molecule has 0 aliphatic carbocycles. The van der Waals surface area contributed by atoms with E-state index < -0.39 is 10.0 Å². The van der Waals surface area contributed by atoms with Crippen molar-refractivity contribution < 1.29 is 8.42 Å². The van der Waals surface area contributed by atoms with Crippen LogP contribution in [0.4, 0.5) is 5.95 Å². The summed E-state index contributed by atoms with van der Waals surface area (Å²) in [5.74, 6) is 5.24. The van der Waals surface area contributed by atoms with Crippen LogP contribution in [0.15, 0.2) is 41.6 Å². The average Bonchev–Trinajstić information content (AvgIpc) is 2.45. The molecule has 0 aliphatic rings. The molecule has 0 amide bonds. The minimum atomic E-state index is -3.68. The SMILES string of the molecule is NNc1ncc(S(=O)(=O)NCc2cccc(Cl)c2)cn1. The Balaban J connectivity index is 2.10. The second kappa shape index (κ2) is 6.14. The maximum Gasteiger partial charge on any atom is 0.243 e. The van der Waals surface area contributed by atoms with Crippen LogP contribution in [0.2, 0.25) is 5.02 Å². The highest BCUT2D eigenvalue weighted by Crippen LogP contribution is 2.12. The molecule has 0 spiro atoms. The number of hydrogen-bond donors (Lipinski definition) is 3. The molecule has 20 heavy (non-hydrogen) atoms. The summed E-state index contributed by atoms with van der Waals surface area (Å²) >= 11 is 5.83. The first-order valence-electron chi connectivity index (χ1n) is 5.54. The molecule has 2 rings (SSSR count). The Bertz CT molecular complexity index is 690. The van der Waals surface area contributed by atoms with Crippen LogP contribution in [0.1, 0.15) is 5.56 Å². The maximum atomic E-state index is 12.0. The van der Waals surface area contributed by atoms with Gasteiger partial charge in [0.1, 0.15) is 4.90 Å². The van der Waals surface area contributed by atoms with Crippen molar-refractivity contribution in [2.45, 2.75) is 11.4 Å². The molecule has 4 N–H and O–H groups in total. The van der Waals surface area contributed by atoms with Gasteiger partial charge < -0.3 is 0 Å². The molecule has 0 saturated heterocycles. The zero-order valence-corrected chi connectivity index (χ0v) is 11.8. The van der Waals surface area contributed by atoms with E-state index in [1.54, 1.807) is 24.3 Å². The number of nitrogens with zero attached hydrogens (tertiary/aromatic N) is 2. The molecule has 0 fully saturated rings. The van der Waals surface area contributed by atoms with E-state index in [1.807, 2.05) is 0 Å². The van der Waals surface area contributed by atoms with Crippen molar-refractivity contribution in [3.63, 3.8) is 0 Å². The Labute approximate surface area is 121 Å². The molecular weight excluding hydrogens is 302 g/mol. The van der Waals surface area contributed by atoms with E-state index in [1.165, 1.54) is 12.4 Å². The van der Waals surface area contributed by atoms with Crippen LogP contribution in [-0.4, -0.2) is 18.4 Å². The number of sulfonamides is 1. The summed E-state index contributed by atoms with van der Waals surface area (Å²) in [5.41, 5.74) is 2.97. The number of anilines is 1. The number of nitrogens with two attached hydrogens (primary N) is 1. The zero-order chi connectivity index (χ0) is 14.6. The lowest BCUT2D eigenvalue weighted by Crippen LogP contribution is -2.23. The van der Waals surface area contributed by atoms with Crippen molar-refractivity contribution in [2.75, 3.05) is 5.43 Å². The van der Waals surface area contributed by atoms with E-state index in [9.17, 15) is 8.42 Å². The number of halogens is 1. The second-order valence-electron chi connectivity index (χ2n) is 3.84. The van der Waals surface area contributed by atoms with Gasteiger partial charge in [0, 0.05) is 11.6 Å². The molecule has 0 atom stereocenters. The van der Waals surface area contributed by atoms with Crippen LogP contribution >= 0.6 is 11.6 Å².